The van der Waals surface area contributed by atoms with Gasteiger partial charge in [0.25, 0.3) is 0 Å². The summed E-state index contributed by atoms with van der Waals surface area (Å²) < 4.78 is 0. The van der Waals surface area contributed by atoms with Gasteiger partial charge >= 0.3 is 35.8 Å². The van der Waals surface area contributed by atoms with Gasteiger partial charge in [-0.2, -0.15) is 0 Å². The summed E-state index contributed by atoms with van der Waals surface area (Å²) in [5.74, 6) is -31.5. The zero-order chi connectivity index (χ0) is 87.3. The van der Waals surface area contributed by atoms with E-state index in [2.05, 4.69) is 69.1 Å². The molecule has 47 heteroatoms. The predicted octanol–water partition coefficient (Wildman–Crippen LogP) is -9.66. The van der Waals surface area contributed by atoms with Crippen LogP contribution in [0.15, 0.2) is 0 Å². The molecule has 0 aromatic carbocycles. The van der Waals surface area contributed by atoms with Crippen LogP contribution in [0.1, 0.15) is 154 Å². The maximum atomic E-state index is 14.3. The summed E-state index contributed by atoms with van der Waals surface area (Å²) in [7, 11) is 0. The molecule has 0 rings (SSSR count). The summed E-state index contributed by atoms with van der Waals surface area (Å²) in [5.41, 5.74) is 5.15. The van der Waals surface area contributed by atoms with Gasteiger partial charge in [0.15, 0.2) is 0 Å². The van der Waals surface area contributed by atoms with Crippen molar-refractivity contribution < 1.29 is 151 Å². The molecule has 0 aliphatic rings. The van der Waals surface area contributed by atoms with E-state index in [1.54, 1.807) is 13.8 Å². The fourth-order valence-corrected chi connectivity index (χ4v) is 10.1. The highest BCUT2D eigenvalue weighted by Gasteiger charge is 2.40. The Bertz CT molecular complexity index is 3450. The van der Waals surface area contributed by atoms with E-state index < -0.39 is 309 Å². The summed E-state index contributed by atoms with van der Waals surface area (Å²) >= 11 is 0. The molecule has 0 unspecified atom stereocenters. The number of nitrogens with two attached hydrogens (primary N) is 1. The van der Waals surface area contributed by atoms with Crippen LogP contribution in [0.2, 0.25) is 0 Å². The average Bonchev–Trinajstić information content (AvgIpc) is 0.853. The van der Waals surface area contributed by atoms with Crippen molar-refractivity contribution in [1.82, 2.24) is 79.8 Å². The van der Waals surface area contributed by atoms with Gasteiger partial charge in [0, 0.05) is 19.8 Å². The minimum atomic E-state index is -2.26. The van der Waals surface area contributed by atoms with Gasteiger partial charge in [-0.15, -0.1) is 0 Å². The molecule has 0 fully saturated rings. The Labute approximate surface area is 646 Å². The fourth-order valence-electron chi connectivity index (χ4n) is 10.1. The zero-order valence-corrected chi connectivity index (χ0v) is 64.1. The third-order valence-corrected chi connectivity index (χ3v) is 15.9. The number of hydrogen-bond donors (Lipinski definition) is 25. The molecular formula is C66H106N16O31. The van der Waals surface area contributed by atoms with Crippen LogP contribution in [0.4, 0.5) is 0 Å². The summed E-state index contributed by atoms with van der Waals surface area (Å²) in [4.78, 5) is 286. The van der Waals surface area contributed by atoms with Gasteiger partial charge < -0.3 is 131 Å². The number of primary amides is 1. The maximum Gasteiger partial charge on any atom is 0.305 e. The van der Waals surface area contributed by atoms with E-state index in [9.17, 15) is 146 Å². The molecule has 47 nitrogen and oxygen atoms in total. The van der Waals surface area contributed by atoms with Crippen LogP contribution in [-0.4, -0.2) is 286 Å². The number of carboxylic acid groups (broad SMARTS) is 6. The summed E-state index contributed by atoms with van der Waals surface area (Å²) in [5, 5.41) is 121. The number of aliphatic hydroxyl groups is 3. The Morgan fingerprint density at radius 1 is 0.265 bits per heavy atom. The maximum absolute atomic E-state index is 14.3. The second-order valence-electron chi connectivity index (χ2n) is 27.7. The standard InChI is InChI=1S/C66H106N16O31/c1-25(2)17-36(58(105)68-28(7)54(101)80-43(24-83)52(67)99)79-66(113)51(32(11)85)82-64(111)42(23-49(97)98)78-61(108)38(19-27(5)6)75-57(104)35(14-16-45(89)90)72-56(103)34(13-15-44(87)88)73-60(107)37(18-26(3)4)76-63(110)41(22-48(95)96)77-62(109)40(21-47(93)94)74-53(100)29(8)70-65(112)50(31(10)84)81-55(102)30(9)69-59(106)39(20-46(91)92)71-33(12)86/h25-32,34-43,50-51,83-85H,13-24H2,1-12H3,(H2,67,99)(H,68,105)(H,69,106)(H,70,112)(H,71,86)(H,72,103)(H,73,107)(H,74,100)(H,75,104)(H,76,110)(H,77,109)(H,78,108)(H,79,113)(H,80,101)(H,81,102)(H,82,111)(H,87,88)(H,89,90)(H,91,92)(H,93,94)(H,95,96)(H,97,98)/t28-,29-,30-,31+,32+,34-,35-,36-,37-,38-,39-,40-,41-,42-,43-,50-,51-/m0/s1. The highest BCUT2D eigenvalue weighted by atomic mass is 16.4. The van der Waals surface area contributed by atoms with Gasteiger partial charge in [0.05, 0.1) is 44.5 Å². The number of carbonyl (C=O) groups is 22. The lowest BCUT2D eigenvalue weighted by Gasteiger charge is -2.29. The molecule has 0 saturated heterocycles. The first-order valence-electron chi connectivity index (χ1n) is 35.3. The van der Waals surface area contributed by atoms with Crippen molar-refractivity contribution in [3.63, 3.8) is 0 Å². The Balaban J connectivity index is 7.04. The minimum absolute atomic E-state index is 0.136. The Morgan fingerprint density at radius 3 is 0.761 bits per heavy atom. The van der Waals surface area contributed by atoms with Crippen LogP contribution in [-0.2, 0) is 105 Å². The van der Waals surface area contributed by atoms with Crippen molar-refractivity contribution in [1.29, 1.82) is 0 Å². The Hall–Kier alpha value is -11.8. The van der Waals surface area contributed by atoms with Gasteiger partial charge in [0.1, 0.15) is 90.6 Å². The second kappa shape index (κ2) is 49.5. The molecule has 636 valence electrons. The number of hydrogen-bond acceptors (Lipinski definition) is 25. The molecule has 26 N–H and O–H groups in total. The van der Waals surface area contributed by atoms with Crippen molar-refractivity contribution >= 4 is 130 Å². The van der Waals surface area contributed by atoms with Gasteiger partial charge in [-0.1, -0.05) is 41.5 Å². The highest BCUT2D eigenvalue weighted by Crippen LogP contribution is 2.14. The lowest BCUT2D eigenvalue weighted by molar-refractivity contribution is -0.143. The molecule has 0 heterocycles. The van der Waals surface area contributed by atoms with Crippen LogP contribution in [0.25, 0.3) is 0 Å². The molecule has 113 heavy (non-hydrogen) atoms. The van der Waals surface area contributed by atoms with Gasteiger partial charge in [-0.05, 0) is 84.5 Å². The number of rotatable bonds is 53. The van der Waals surface area contributed by atoms with Gasteiger partial charge in [-0.25, -0.2) is 0 Å². The Morgan fingerprint density at radius 2 is 0.478 bits per heavy atom. The quantitative estimate of drug-likeness (QED) is 0.0269. The third-order valence-electron chi connectivity index (χ3n) is 15.9. The largest absolute Gasteiger partial charge is 0.481 e. The molecule has 17 atom stereocenters. The lowest BCUT2D eigenvalue weighted by Crippen LogP contribution is -2.62. The zero-order valence-electron chi connectivity index (χ0n) is 64.1. The molecule has 0 saturated carbocycles. The molecule has 0 radical (unpaired) electrons. The lowest BCUT2D eigenvalue weighted by atomic mass is 10.00. The van der Waals surface area contributed by atoms with E-state index in [-0.39, 0.29) is 18.8 Å². The Kier molecular flexibility index (Phi) is 44.3. The van der Waals surface area contributed by atoms with Crippen LogP contribution < -0.4 is 85.5 Å². The number of nitrogens with one attached hydrogen (secondary N) is 15. The number of amides is 16. The third kappa shape index (κ3) is 39.6. The summed E-state index contributed by atoms with van der Waals surface area (Å²) in [6, 6.07) is -27.7. The fraction of sp³-hybridized carbons (Fsp3) is 0.667. The highest BCUT2D eigenvalue weighted by molar-refractivity contribution is 6.02. The normalized spacial score (nSPS) is 15.6. The van der Waals surface area contributed by atoms with E-state index in [1.807, 2.05) is 10.6 Å². The van der Waals surface area contributed by atoms with Crippen LogP contribution in [0.3, 0.4) is 0 Å². The summed E-state index contributed by atoms with van der Waals surface area (Å²) in [6.45, 7) is 14.6. The molecule has 16 amide bonds. The molecule has 0 aromatic heterocycles. The van der Waals surface area contributed by atoms with E-state index >= 15 is 0 Å². The molecule has 0 aliphatic carbocycles. The summed E-state index contributed by atoms with van der Waals surface area (Å²) in [6.07, 6.45) is -12.8. The molecule has 0 aromatic rings. The van der Waals surface area contributed by atoms with Crippen molar-refractivity contribution in [2.24, 2.45) is 23.5 Å². The number of carboxylic acids is 6. The predicted molar refractivity (Wildman–Crippen MR) is 382 cm³/mol. The van der Waals surface area contributed by atoms with E-state index in [0.29, 0.717) is 0 Å². The van der Waals surface area contributed by atoms with Gasteiger partial charge in [0.2, 0.25) is 94.5 Å². The van der Waals surface area contributed by atoms with Crippen LogP contribution >= 0.6 is 0 Å². The first-order valence-corrected chi connectivity index (χ1v) is 35.3. The van der Waals surface area contributed by atoms with Gasteiger partial charge in [-0.3, -0.25) is 105 Å². The van der Waals surface area contributed by atoms with E-state index in [0.717, 1.165) is 34.6 Å². The first kappa shape index (κ1) is 101. The first-order chi connectivity index (χ1) is 52.2. The average molecular weight is 1620 g/mol. The molecule has 0 aliphatic heterocycles. The topological polar surface area (TPSA) is 764 Å². The smallest absolute Gasteiger partial charge is 0.305 e. The van der Waals surface area contributed by atoms with Crippen molar-refractivity contribution in [2.75, 3.05) is 6.61 Å². The number of aliphatic carboxylic acids is 6. The molecule has 0 bridgehead atoms. The molecule has 0 spiro atoms. The van der Waals surface area contributed by atoms with E-state index in [1.165, 1.54) is 34.6 Å². The second-order valence-corrected chi connectivity index (χ2v) is 27.7. The van der Waals surface area contributed by atoms with Crippen molar-refractivity contribution in [3.05, 3.63) is 0 Å². The van der Waals surface area contributed by atoms with E-state index in [4.69, 9.17) is 10.8 Å². The number of carbonyl (C=O) groups excluding carboxylic acids is 16. The van der Waals surface area contributed by atoms with Crippen molar-refractivity contribution in [2.45, 2.75) is 257 Å². The molecular weight excluding hydrogens is 1510 g/mol. The van der Waals surface area contributed by atoms with Crippen LogP contribution in [0.5, 0.6) is 0 Å². The van der Waals surface area contributed by atoms with Crippen molar-refractivity contribution in [3.8, 4) is 0 Å². The SMILES string of the molecule is CC(=O)N[C@@H](CC(=O)O)C(=O)N[C@@H](C)C(=O)N[C@H](C(=O)N[C@@H](C)C(=O)N[C@@H](CC(=O)O)C(=O)N[C@@H](CC(=O)O)C(=O)N[C@@H](CC(C)C)C(=O)N[C@@H](CCC(=O)O)C(=O)N[C@@H](CCC(=O)O)C(=O)N[C@@H](CC(C)C)C(=O)N[C@@H](CC(=O)O)C(=O)N[C@H](C(=O)N[C@@H](CC(C)C)C(=O)N[C@@H](C)C(=O)N[C@@H](CO)C(N)=O)[C@@H](C)O)[C@@H](C)O. The van der Waals surface area contributed by atoms with Crippen LogP contribution in [0, 0.1) is 17.8 Å². The number of aliphatic hydroxyl groups excluding tert-OH is 3. The monoisotopic (exact) mass is 1620 g/mol. The minimum Gasteiger partial charge on any atom is -0.481 e.